The molecule has 0 saturated carbocycles. The molecule has 0 aliphatic carbocycles. The summed E-state index contributed by atoms with van der Waals surface area (Å²) in [7, 11) is 0. The van der Waals surface area contributed by atoms with Crippen LogP contribution < -0.4 is 5.32 Å². The SMILES string of the molecule is CC(CNc1ccncc1)CN1CCCC1. The maximum atomic E-state index is 4.01. The Kier molecular flexibility index (Phi) is 4.17. The Balaban J connectivity index is 1.69. The van der Waals surface area contributed by atoms with Crippen LogP contribution in [0.15, 0.2) is 24.5 Å². The zero-order valence-corrected chi connectivity index (χ0v) is 10.0. The van der Waals surface area contributed by atoms with Crippen LogP contribution in [-0.4, -0.2) is 36.1 Å². The second kappa shape index (κ2) is 5.85. The maximum Gasteiger partial charge on any atom is 0.0371 e. The summed E-state index contributed by atoms with van der Waals surface area (Å²) in [6.45, 7) is 7.16. The Morgan fingerprint density at radius 2 is 2.00 bits per heavy atom. The fourth-order valence-electron chi connectivity index (χ4n) is 2.23. The molecule has 3 nitrogen and oxygen atoms in total. The highest BCUT2D eigenvalue weighted by Crippen LogP contribution is 2.11. The van der Waals surface area contributed by atoms with Crippen molar-refractivity contribution in [2.45, 2.75) is 19.8 Å². The summed E-state index contributed by atoms with van der Waals surface area (Å²) in [6, 6.07) is 4.03. The van der Waals surface area contributed by atoms with Crippen LogP contribution >= 0.6 is 0 Å². The van der Waals surface area contributed by atoms with Gasteiger partial charge in [-0.2, -0.15) is 0 Å². The van der Waals surface area contributed by atoms with Gasteiger partial charge in [-0.25, -0.2) is 0 Å². The van der Waals surface area contributed by atoms with Crippen LogP contribution in [0.1, 0.15) is 19.8 Å². The Labute approximate surface area is 97.9 Å². The van der Waals surface area contributed by atoms with Crippen molar-refractivity contribution in [2.24, 2.45) is 5.92 Å². The molecule has 2 rings (SSSR count). The molecule has 1 unspecified atom stereocenters. The number of hydrogen-bond acceptors (Lipinski definition) is 3. The van der Waals surface area contributed by atoms with Crippen molar-refractivity contribution >= 4 is 5.69 Å². The van der Waals surface area contributed by atoms with E-state index in [-0.39, 0.29) is 0 Å². The van der Waals surface area contributed by atoms with Crippen LogP contribution in [0.5, 0.6) is 0 Å². The number of pyridine rings is 1. The van der Waals surface area contributed by atoms with Gasteiger partial charge in [0.05, 0.1) is 0 Å². The van der Waals surface area contributed by atoms with Crippen LogP contribution in [0.2, 0.25) is 0 Å². The van der Waals surface area contributed by atoms with Gasteiger partial charge in [0, 0.05) is 31.2 Å². The van der Waals surface area contributed by atoms with Crippen molar-refractivity contribution in [1.82, 2.24) is 9.88 Å². The van der Waals surface area contributed by atoms with E-state index >= 15 is 0 Å². The molecule has 1 aliphatic heterocycles. The molecular formula is C13H21N3. The average molecular weight is 219 g/mol. The highest BCUT2D eigenvalue weighted by molar-refractivity contribution is 5.40. The lowest BCUT2D eigenvalue weighted by atomic mass is 10.1. The summed E-state index contributed by atoms with van der Waals surface area (Å²) < 4.78 is 0. The van der Waals surface area contributed by atoms with Gasteiger partial charge in [0.25, 0.3) is 0 Å². The van der Waals surface area contributed by atoms with Gasteiger partial charge in [0.1, 0.15) is 0 Å². The molecule has 1 aromatic heterocycles. The van der Waals surface area contributed by atoms with Gasteiger partial charge in [-0.1, -0.05) is 6.92 Å². The molecule has 1 fully saturated rings. The average Bonchev–Trinajstić information content (AvgIpc) is 2.81. The Bertz CT molecular complexity index is 293. The van der Waals surface area contributed by atoms with Crippen molar-refractivity contribution in [3.63, 3.8) is 0 Å². The second-order valence-electron chi connectivity index (χ2n) is 4.73. The normalized spacial score (nSPS) is 18.6. The van der Waals surface area contributed by atoms with Crippen LogP contribution in [0.4, 0.5) is 5.69 Å². The quantitative estimate of drug-likeness (QED) is 0.823. The molecule has 1 saturated heterocycles. The molecule has 1 aliphatic rings. The number of rotatable bonds is 5. The minimum atomic E-state index is 0.700. The number of anilines is 1. The van der Waals surface area contributed by atoms with Crippen LogP contribution in [0.3, 0.4) is 0 Å². The van der Waals surface area contributed by atoms with E-state index in [1.54, 1.807) is 0 Å². The number of hydrogen-bond donors (Lipinski definition) is 1. The maximum absolute atomic E-state index is 4.01. The Morgan fingerprint density at radius 1 is 1.31 bits per heavy atom. The zero-order chi connectivity index (χ0) is 11.2. The number of aromatic nitrogens is 1. The predicted molar refractivity (Wildman–Crippen MR) is 67.6 cm³/mol. The third-order valence-corrected chi connectivity index (χ3v) is 3.10. The molecule has 0 spiro atoms. The fourth-order valence-corrected chi connectivity index (χ4v) is 2.23. The zero-order valence-electron chi connectivity index (χ0n) is 10.0. The molecule has 16 heavy (non-hydrogen) atoms. The van der Waals surface area contributed by atoms with E-state index in [1.165, 1.54) is 38.2 Å². The van der Waals surface area contributed by atoms with Crippen molar-refractivity contribution in [1.29, 1.82) is 0 Å². The van der Waals surface area contributed by atoms with E-state index in [2.05, 4.69) is 22.1 Å². The van der Waals surface area contributed by atoms with E-state index in [1.807, 2.05) is 24.5 Å². The molecule has 0 radical (unpaired) electrons. The third kappa shape index (κ3) is 3.49. The molecule has 0 bridgehead atoms. The molecule has 1 N–H and O–H groups in total. The molecule has 3 heteroatoms. The van der Waals surface area contributed by atoms with E-state index in [0.717, 1.165) is 6.54 Å². The first-order valence-corrected chi connectivity index (χ1v) is 6.21. The van der Waals surface area contributed by atoms with Crippen molar-refractivity contribution in [3.8, 4) is 0 Å². The monoisotopic (exact) mass is 219 g/mol. The second-order valence-corrected chi connectivity index (χ2v) is 4.73. The van der Waals surface area contributed by atoms with Crippen LogP contribution in [0.25, 0.3) is 0 Å². The first kappa shape index (κ1) is 11.4. The van der Waals surface area contributed by atoms with Crippen LogP contribution in [-0.2, 0) is 0 Å². The minimum absolute atomic E-state index is 0.700. The highest BCUT2D eigenvalue weighted by atomic mass is 15.1. The standard InChI is InChI=1S/C13H21N3/c1-12(11-16-8-2-3-9-16)10-15-13-4-6-14-7-5-13/h4-7,12H,2-3,8-11H2,1H3,(H,14,15). The number of nitrogens with one attached hydrogen (secondary N) is 1. The molecular weight excluding hydrogens is 198 g/mol. The van der Waals surface area contributed by atoms with Gasteiger partial charge >= 0.3 is 0 Å². The van der Waals surface area contributed by atoms with Gasteiger partial charge in [-0.05, 0) is 44.0 Å². The van der Waals surface area contributed by atoms with Crippen molar-refractivity contribution in [2.75, 3.05) is 31.5 Å². The summed E-state index contributed by atoms with van der Waals surface area (Å²) in [6.07, 6.45) is 6.41. The highest BCUT2D eigenvalue weighted by Gasteiger charge is 2.14. The Morgan fingerprint density at radius 3 is 2.69 bits per heavy atom. The topological polar surface area (TPSA) is 28.2 Å². The van der Waals surface area contributed by atoms with Crippen LogP contribution in [0, 0.1) is 5.92 Å². The number of likely N-dealkylation sites (tertiary alicyclic amines) is 1. The summed E-state index contributed by atoms with van der Waals surface area (Å²) >= 11 is 0. The molecule has 1 atom stereocenters. The lowest BCUT2D eigenvalue weighted by Gasteiger charge is -2.20. The lowest BCUT2D eigenvalue weighted by molar-refractivity contribution is 0.294. The van der Waals surface area contributed by atoms with E-state index < -0.39 is 0 Å². The summed E-state index contributed by atoms with van der Waals surface area (Å²) in [5, 5.41) is 3.45. The van der Waals surface area contributed by atoms with Gasteiger partial charge in [0.15, 0.2) is 0 Å². The van der Waals surface area contributed by atoms with Gasteiger partial charge < -0.3 is 10.2 Å². The number of nitrogens with zero attached hydrogens (tertiary/aromatic N) is 2. The first-order valence-electron chi connectivity index (χ1n) is 6.21. The van der Waals surface area contributed by atoms with E-state index in [0.29, 0.717) is 5.92 Å². The summed E-state index contributed by atoms with van der Waals surface area (Å²) in [4.78, 5) is 6.58. The fraction of sp³-hybridized carbons (Fsp3) is 0.615. The van der Waals surface area contributed by atoms with Gasteiger partial charge in [-0.3, -0.25) is 4.98 Å². The van der Waals surface area contributed by atoms with Gasteiger partial charge in [0.2, 0.25) is 0 Å². The molecule has 88 valence electrons. The molecule has 1 aromatic rings. The van der Waals surface area contributed by atoms with Crippen molar-refractivity contribution in [3.05, 3.63) is 24.5 Å². The largest absolute Gasteiger partial charge is 0.385 e. The molecule has 2 heterocycles. The van der Waals surface area contributed by atoms with Gasteiger partial charge in [-0.15, -0.1) is 0 Å². The molecule has 0 amide bonds. The van der Waals surface area contributed by atoms with E-state index in [9.17, 15) is 0 Å². The first-order chi connectivity index (χ1) is 7.84. The summed E-state index contributed by atoms with van der Waals surface area (Å²) in [5.74, 6) is 0.700. The molecule has 0 aromatic carbocycles. The minimum Gasteiger partial charge on any atom is -0.385 e. The smallest absolute Gasteiger partial charge is 0.0371 e. The van der Waals surface area contributed by atoms with Crippen molar-refractivity contribution < 1.29 is 0 Å². The predicted octanol–water partition coefficient (Wildman–Crippen LogP) is 2.23. The lowest BCUT2D eigenvalue weighted by Crippen LogP contribution is -2.28. The third-order valence-electron chi connectivity index (χ3n) is 3.10. The van der Waals surface area contributed by atoms with E-state index in [4.69, 9.17) is 0 Å². The Hall–Kier alpha value is -1.09. The summed E-state index contributed by atoms with van der Waals surface area (Å²) in [5.41, 5.74) is 1.17.